The van der Waals surface area contributed by atoms with Crippen molar-refractivity contribution in [2.45, 2.75) is 62.1 Å². The van der Waals surface area contributed by atoms with Gasteiger partial charge < -0.3 is 29.7 Å². The molecule has 4 aliphatic rings. The molecule has 0 unspecified atom stereocenters. The monoisotopic (exact) mass is 709 g/mol. The Hall–Kier alpha value is -4.77. The van der Waals surface area contributed by atoms with E-state index in [0.29, 0.717) is 22.7 Å². The molecule has 4 aliphatic heterocycles. The maximum absolute atomic E-state index is 15.0. The van der Waals surface area contributed by atoms with Crippen molar-refractivity contribution in [3.8, 4) is 0 Å². The Kier molecular flexibility index (Phi) is 9.83. The van der Waals surface area contributed by atoms with Gasteiger partial charge >= 0.3 is 5.97 Å². The molecule has 1 spiro atoms. The van der Waals surface area contributed by atoms with Crippen molar-refractivity contribution < 1.29 is 33.8 Å². The van der Waals surface area contributed by atoms with Crippen molar-refractivity contribution in [1.29, 1.82) is 0 Å². The van der Waals surface area contributed by atoms with Crippen LogP contribution >= 0.6 is 11.6 Å². The van der Waals surface area contributed by atoms with Crippen LogP contribution in [0.1, 0.15) is 37.0 Å². The number of carbonyl (C=O) groups excluding carboxylic acids is 4. The Morgan fingerprint density at radius 3 is 2.35 bits per heavy atom. The lowest BCUT2D eigenvalue weighted by molar-refractivity contribution is -0.161. The zero-order valence-electron chi connectivity index (χ0n) is 28.1. The molecule has 51 heavy (non-hydrogen) atoms. The van der Waals surface area contributed by atoms with E-state index in [-0.39, 0.29) is 25.3 Å². The number of benzene rings is 3. The minimum Gasteiger partial charge on any atom is -0.455 e. The van der Waals surface area contributed by atoms with Crippen molar-refractivity contribution in [3.63, 3.8) is 0 Å². The fourth-order valence-electron chi connectivity index (χ4n) is 8.03. The van der Waals surface area contributed by atoms with Crippen molar-refractivity contribution >= 4 is 41.0 Å². The molecule has 7 rings (SSSR count). The van der Waals surface area contributed by atoms with Crippen molar-refractivity contribution in [2.75, 3.05) is 18.1 Å². The van der Waals surface area contributed by atoms with Gasteiger partial charge in [-0.05, 0) is 55.2 Å². The molecule has 2 saturated heterocycles. The van der Waals surface area contributed by atoms with Gasteiger partial charge in [-0.3, -0.25) is 19.2 Å². The van der Waals surface area contributed by atoms with Gasteiger partial charge in [0.05, 0.1) is 30.7 Å². The number of nitrogens with zero attached hydrogens (tertiary/aromatic N) is 2. The number of carbonyl (C=O) groups is 4. The second kappa shape index (κ2) is 14.5. The molecule has 0 saturated carbocycles. The largest absolute Gasteiger partial charge is 0.455 e. The number of nitrogens with one attached hydrogen (secondary N) is 1. The summed E-state index contributed by atoms with van der Waals surface area (Å²) < 4.78 is 13.1. The third kappa shape index (κ3) is 6.48. The fourth-order valence-corrected chi connectivity index (χ4v) is 8.15. The number of ether oxygens (including phenoxy) is 2. The van der Waals surface area contributed by atoms with E-state index >= 15 is 4.79 Å². The molecule has 0 aromatic heterocycles. The number of aliphatic hydroxyl groups excluding tert-OH is 1. The quantitative estimate of drug-likeness (QED) is 0.284. The maximum atomic E-state index is 15.0. The summed E-state index contributed by atoms with van der Waals surface area (Å²) in [6.07, 6.45) is 6.07. The number of anilines is 1. The van der Waals surface area contributed by atoms with E-state index in [1.54, 1.807) is 60.4 Å². The number of cyclic esters (lactones) is 1. The van der Waals surface area contributed by atoms with Gasteiger partial charge in [-0.2, -0.15) is 0 Å². The summed E-state index contributed by atoms with van der Waals surface area (Å²) in [5, 5.41) is 14.3. The first-order valence-corrected chi connectivity index (χ1v) is 17.7. The molecular formula is C40H40ClN3O7. The van der Waals surface area contributed by atoms with Gasteiger partial charge in [-0.1, -0.05) is 96.6 Å². The van der Waals surface area contributed by atoms with Gasteiger partial charge in [0.2, 0.25) is 11.8 Å². The molecule has 8 atom stereocenters. The Morgan fingerprint density at radius 2 is 1.65 bits per heavy atom. The summed E-state index contributed by atoms with van der Waals surface area (Å²) >= 11 is 6.19. The molecule has 2 fully saturated rings. The predicted molar refractivity (Wildman–Crippen MR) is 190 cm³/mol. The normalized spacial score (nSPS) is 30.6. The van der Waals surface area contributed by atoms with Gasteiger partial charge in [0.25, 0.3) is 5.91 Å². The van der Waals surface area contributed by atoms with E-state index in [9.17, 15) is 19.5 Å². The van der Waals surface area contributed by atoms with Crippen LogP contribution in [-0.2, 0) is 35.1 Å². The lowest BCUT2D eigenvalue weighted by Gasteiger charge is -2.38. The molecule has 3 aromatic carbocycles. The highest BCUT2D eigenvalue weighted by Gasteiger charge is 2.72. The molecule has 2 N–H and O–H groups in total. The Labute approximate surface area is 301 Å². The van der Waals surface area contributed by atoms with Crippen LogP contribution in [0.3, 0.4) is 0 Å². The second-order valence-electron chi connectivity index (χ2n) is 13.5. The lowest BCUT2D eigenvalue weighted by atomic mass is 9.77. The summed E-state index contributed by atoms with van der Waals surface area (Å²) in [5.41, 5.74) is 0.557. The van der Waals surface area contributed by atoms with E-state index in [4.69, 9.17) is 21.1 Å². The number of likely N-dealkylation sites (tertiary alicyclic amines) is 1. The first-order chi connectivity index (χ1) is 24.7. The molecule has 11 heteroatoms. The van der Waals surface area contributed by atoms with Crippen molar-refractivity contribution in [3.05, 3.63) is 125 Å². The Balaban J connectivity index is 1.34. The second-order valence-corrected chi connectivity index (χ2v) is 14.0. The maximum Gasteiger partial charge on any atom is 0.313 e. The minimum absolute atomic E-state index is 0.177. The Morgan fingerprint density at radius 1 is 0.941 bits per heavy atom. The topological polar surface area (TPSA) is 125 Å². The smallest absolute Gasteiger partial charge is 0.313 e. The molecule has 4 heterocycles. The molecule has 3 amide bonds. The number of fused-ring (bicyclic) bond motifs is 2. The lowest BCUT2D eigenvalue weighted by Crippen LogP contribution is -2.58. The predicted octanol–water partition coefficient (Wildman–Crippen LogP) is 4.57. The average Bonchev–Trinajstić information content (AvgIpc) is 3.53. The van der Waals surface area contributed by atoms with Crippen LogP contribution in [-0.4, -0.2) is 76.7 Å². The van der Waals surface area contributed by atoms with Gasteiger partial charge in [-0.15, -0.1) is 0 Å². The van der Waals surface area contributed by atoms with E-state index in [1.165, 1.54) is 4.90 Å². The Bertz CT molecular complexity index is 1840. The van der Waals surface area contributed by atoms with Gasteiger partial charge in [0.1, 0.15) is 23.7 Å². The average molecular weight is 710 g/mol. The summed E-state index contributed by atoms with van der Waals surface area (Å²) in [6, 6.07) is 22.8. The zero-order chi connectivity index (χ0) is 35.7. The van der Waals surface area contributed by atoms with Crippen LogP contribution < -0.4 is 10.2 Å². The third-order valence-electron chi connectivity index (χ3n) is 10.3. The number of amides is 3. The van der Waals surface area contributed by atoms with Crippen LogP contribution in [0.4, 0.5) is 5.69 Å². The van der Waals surface area contributed by atoms with E-state index in [0.717, 1.165) is 5.56 Å². The minimum atomic E-state index is -1.57. The highest BCUT2D eigenvalue weighted by molar-refractivity contribution is 6.30. The number of rotatable bonds is 6. The van der Waals surface area contributed by atoms with Crippen LogP contribution in [0.5, 0.6) is 0 Å². The van der Waals surface area contributed by atoms with E-state index < -0.39 is 72.2 Å². The summed E-state index contributed by atoms with van der Waals surface area (Å²) in [7, 11) is 0. The van der Waals surface area contributed by atoms with Crippen LogP contribution in [0.15, 0.2) is 109 Å². The fraction of sp³-hybridized carbons (Fsp3) is 0.350. The zero-order valence-corrected chi connectivity index (χ0v) is 28.9. The summed E-state index contributed by atoms with van der Waals surface area (Å²) in [5.74, 6) is -4.05. The highest BCUT2D eigenvalue weighted by Crippen LogP contribution is 2.54. The van der Waals surface area contributed by atoms with Gasteiger partial charge in [0.15, 0.2) is 0 Å². The molecule has 0 bridgehead atoms. The van der Waals surface area contributed by atoms with Crippen molar-refractivity contribution in [1.82, 2.24) is 10.2 Å². The molecular weight excluding hydrogens is 670 g/mol. The van der Waals surface area contributed by atoms with Crippen LogP contribution in [0.25, 0.3) is 0 Å². The first-order valence-electron chi connectivity index (χ1n) is 17.3. The standard InChI is InChI=1S/C40H40ClN3O7/c1-25-35(27-13-6-3-7-14-27)50-39(49)33-31(15-8-9-16-32(46)42-25)51-40-21-10-22-43(29-19-17-28(41)18-20-29)38(48)36(40)44(37(47)34(33)40)30(24-45)23-26-11-4-2-5-12-26/h2-8,10-15,17-21,25,30-31,33-36,45H,9,16,22-24H2,1H3,(H,42,46)/b15-8-/t25-,30-,31-,33+,34+,35+,36-,40+/m1/s1. The van der Waals surface area contributed by atoms with E-state index in [2.05, 4.69) is 5.32 Å². The van der Waals surface area contributed by atoms with E-state index in [1.807, 2.05) is 60.7 Å². The molecule has 3 aromatic rings. The first kappa shape index (κ1) is 34.7. The third-order valence-corrected chi connectivity index (χ3v) is 10.6. The number of allylic oxidation sites excluding steroid dienone is 1. The molecule has 10 nitrogen and oxygen atoms in total. The molecule has 264 valence electrons. The number of aliphatic hydroxyl groups is 1. The number of hydrogen-bond donors (Lipinski definition) is 2. The van der Waals surface area contributed by atoms with Gasteiger partial charge in [-0.25, -0.2) is 0 Å². The number of hydrogen-bond acceptors (Lipinski definition) is 7. The molecule has 0 radical (unpaired) electrons. The number of esters is 1. The molecule has 0 aliphatic carbocycles. The SMILES string of the molecule is C[C@H]1NC(=O)CC/C=C\[C@H]2O[C@]34C=CCN(c5ccc(Cl)cc5)C(=O)[C@H]3N([C@@H](CO)Cc3ccccc3)C(=O)[C@@H]4[C@H]2C(=O)O[C@@H]1c1ccccc1. The summed E-state index contributed by atoms with van der Waals surface area (Å²) in [6.45, 7) is 1.53. The number of halogens is 1. The summed E-state index contributed by atoms with van der Waals surface area (Å²) in [4.78, 5) is 60.4. The highest BCUT2D eigenvalue weighted by atomic mass is 35.5. The van der Waals surface area contributed by atoms with Crippen molar-refractivity contribution in [2.24, 2.45) is 11.8 Å². The van der Waals surface area contributed by atoms with Gasteiger partial charge in [0, 0.05) is 23.7 Å². The van der Waals surface area contributed by atoms with Crippen LogP contribution in [0.2, 0.25) is 5.02 Å². The van der Waals surface area contributed by atoms with Crippen LogP contribution in [0, 0.1) is 11.8 Å².